The minimum absolute atomic E-state index is 0.548. The van der Waals surface area contributed by atoms with E-state index in [0.29, 0.717) is 4.75 Å². The number of hydrogen-bond acceptors (Lipinski definition) is 2. The van der Waals surface area contributed by atoms with Crippen LogP contribution < -0.4 is 5.32 Å². The first-order chi connectivity index (χ1) is 7.79. The lowest BCUT2D eigenvalue weighted by Gasteiger charge is -2.25. The number of nitrogens with one attached hydrogen (secondary N) is 1. The molecule has 1 unspecified atom stereocenters. The zero-order valence-corrected chi connectivity index (χ0v) is 11.6. The van der Waals surface area contributed by atoms with E-state index >= 15 is 0 Å². The highest BCUT2D eigenvalue weighted by Crippen LogP contribution is 2.37. The third kappa shape index (κ3) is 3.96. The van der Waals surface area contributed by atoms with Crippen LogP contribution in [0.1, 0.15) is 58.3 Å². The maximum Gasteiger partial charge on any atom is 0.0256 e. The molecule has 0 amide bonds. The average Bonchev–Trinajstić information content (AvgIpc) is 2.74. The van der Waals surface area contributed by atoms with Crippen LogP contribution in [0, 0.1) is 5.92 Å². The van der Waals surface area contributed by atoms with Crippen LogP contribution in [-0.2, 0) is 0 Å². The number of rotatable bonds is 5. The fourth-order valence-electron chi connectivity index (χ4n) is 3.11. The Labute approximate surface area is 105 Å². The molecule has 0 bridgehead atoms. The third-order valence-corrected chi connectivity index (χ3v) is 5.79. The highest BCUT2D eigenvalue weighted by Gasteiger charge is 2.28. The van der Waals surface area contributed by atoms with E-state index in [1.165, 1.54) is 70.2 Å². The van der Waals surface area contributed by atoms with Crippen molar-refractivity contribution >= 4 is 11.8 Å². The van der Waals surface area contributed by atoms with E-state index in [-0.39, 0.29) is 0 Å². The second kappa shape index (κ2) is 6.30. The lowest BCUT2D eigenvalue weighted by atomic mass is 9.87. The molecule has 1 aliphatic carbocycles. The molecule has 0 spiro atoms. The molecule has 2 heteroatoms. The van der Waals surface area contributed by atoms with E-state index in [4.69, 9.17) is 0 Å². The van der Waals surface area contributed by atoms with Gasteiger partial charge >= 0.3 is 0 Å². The Morgan fingerprint density at radius 1 is 1.19 bits per heavy atom. The summed E-state index contributed by atoms with van der Waals surface area (Å²) in [7, 11) is 0. The normalized spacial score (nSPS) is 32.1. The first-order valence-electron chi connectivity index (χ1n) is 7.13. The Balaban J connectivity index is 1.54. The van der Waals surface area contributed by atoms with Gasteiger partial charge in [0.1, 0.15) is 0 Å². The van der Waals surface area contributed by atoms with Gasteiger partial charge in [-0.15, -0.1) is 0 Å². The van der Waals surface area contributed by atoms with Crippen LogP contribution in [-0.4, -0.2) is 23.6 Å². The smallest absolute Gasteiger partial charge is 0.0256 e. The predicted octanol–water partition coefficient (Wildman–Crippen LogP) is 3.83. The molecule has 1 saturated heterocycles. The summed E-state index contributed by atoms with van der Waals surface area (Å²) in [4.78, 5) is 0. The van der Waals surface area contributed by atoms with Crippen molar-refractivity contribution < 1.29 is 0 Å². The van der Waals surface area contributed by atoms with E-state index in [1.54, 1.807) is 0 Å². The van der Waals surface area contributed by atoms with Gasteiger partial charge in [0.05, 0.1) is 0 Å². The zero-order chi connectivity index (χ0) is 11.3. The minimum Gasteiger partial charge on any atom is -0.315 e. The van der Waals surface area contributed by atoms with Crippen LogP contribution in [0.5, 0.6) is 0 Å². The summed E-state index contributed by atoms with van der Waals surface area (Å²) in [6.45, 7) is 4.91. The van der Waals surface area contributed by atoms with Crippen LogP contribution in [0.2, 0.25) is 0 Å². The molecular formula is C14H27NS. The molecular weight excluding hydrogens is 214 g/mol. The molecule has 1 aliphatic heterocycles. The molecule has 0 aromatic rings. The highest BCUT2D eigenvalue weighted by atomic mass is 32.2. The van der Waals surface area contributed by atoms with Gasteiger partial charge in [0.25, 0.3) is 0 Å². The van der Waals surface area contributed by atoms with Crippen LogP contribution >= 0.6 is 11.8 Å². The van der Waals surface area contributed by atoms with Gasteiger partial charge in [-0.25, -0.2) is 0 Å². The molecule has 1 atom stereocenters. The largest absolute Gasteiger partial charge is 0.315 e. The second-order valence-electron chi connectivity index (χ2n) is 5.87. The van der Waals surface area contributed by atoms with Gasteiger partial charge in [-0.1, -0.05) is 32.1 Å². The maximum absolute atomic E-state index is 3.69. The lowest BCUT2D eigenvalue weighted by Crippen LogP contribution is -2.34. The summed E-state index contributed by atoms with van der Waals surface area (Å²) in [5, 5.41) is 3.69. The Hall–Kier alpha value is 0.310. The quantitative estimate of drug-likeness (QED) is 0.734. The molecule has 1 N–H and O–H groups in total. The average molecular weight is 241 g/mol. The zero-order valence-electron chi connectivity index (χ0n) is 10.8. The summed E-state index contributed by atoms with van der Waals surface area (Å²) in [6.07, 6.45) is 11.7. The van der Waals surface area contributed by atoms with Gasteiger partial charge in [-0.05, 0) is 44.4 Å². The van der Waals surface area contributed by atoms with Crippen LogP contribution in [0.15, 0.2) is 0 Å². The molecule has 16 heavy (non-hydrogen) atoms. The van der Waals surface area contributed by atoms with Gasteiger partial charge in [-0.3, -0.25) is 0 Å². The Morgan fingerprint density at radius 2 is 2.00 bits per heavy atom. The summed E-state index contributed by atoms with van der Waals surface area (Å²) in [5.41, 5.74) is 0. The topological polar surface area (TPSA) is 12.0 Å². The fraction of sp³-hybridized carbons (Fsp3) is 1.00. The summed E-state index contributed by atoms with van der Waals surface area (Å²) in [5.74, 6) is 2.41. The van der Waals surface area contributed by atoms with Crippen molar-refractivity contribution in [2.75, 3.05) is 18.8 Å². The van der Waals surface area contributed by atoms with E-state index in [1.807, 2.05) is 0 Å². The molecule has 1 nitrogen and oxygen atoms in total. The molecule has 2 aliphatic rings. The van der Waals surface area contributed by atoms with Gasteiger partial charge in [-0.2, -0.15) is 11.8 Å². The molecule has 0 aromatic carbocycles. The maximum atomic E-state index is 3.69. The van der Waals surface area contributed by atoms with E-state index in [9.17, 15) is 0 Å². The second-order valence-corrected chi connectivity index (χ2v) is 7.55. The van der Waals surface area contributed by atoms with Crippen molar-refractivity contribution in [1.82, 2.24) is 5.32 Å². The monoisotopic (exact) mass is 241 g/mol. The molecule has 0 radical (unpaired) electrons. The molecule has 1 heterocycles. The highest BCUT2D eigenvalue weighted by molar-refractivity contribution is 8.00. The van der Waals surface area contributed by atoms with Crippen molar-refractivity contribution in [3.8, 4) is 0 Å². The SMILES string of the molecule is CC1(CNCCC2CCCCC2)CCCS1. The van der Waals surface area contributed by atoms with Crippen molar-refractivity contribution in [3.63, 3.8) is 0 Å². The molecule has 2 fully saturated rings. The van der Waals surface area contributed by atoms with Crippen molar-refractivity contribution in [2.24, 2.45) is 5.92 Å². The van der Waals surface area contributed by atoms with Gasteiger partial charge < -0.3 is 5.32 Å². The first kappa shape index (κ1) is 12.8. The summed E-state index contributed by atoms with van der Waals surface area (Å²) >= 11 is 2.17. The summed E-state index contributed by atoms with van der Waals surface area (Å²) < 4.78 is 0.548. The van der Waals surface area contributed by atoms with Crippen LogP contribution in [0.4, 0.5) is 0 Å². The van der Waals surface area contributed by atoms with E-state index in [2.05, 4.69) is 24.0 Å². The number of thioether (sulfide) groups is 1. The third-order valence-electron chi connectivity index (χ3n) is 4.25. The molecule has 0 aromatic heterocycles. The van der Waals surface area contributed by atoms with Crippen molar-refractivity contribution in [3.05, 3.63) is 0 Å². The fourth-order valence-corrected chi connectivity index (χ4v) is 4.39. The van der Waals surface area contributed by atoms with Crippen LogP contribution in [0.25, 0.3) is 0 Å². The first-order valence-corrected chi connectivity index (χ1v) is 8.12. The Kier molecular flexibility index (Phi) is 5.02. The molecule has 2 rings (SSSR count). The van der Waals surface area contributed by atoms with E-state index in [0.717, 1.165) is 5.92 Å². The molecule has 94 valence electrons. The van der Waals surface area contributed by atoms with Gasteiger partial charge in [0.2, 0.25) is 0 Å². The van der Waals surface area contributed by atoms with Gasteiger partial charge in [0.15, 0.2) is 0 Å². The Morgan fingerprint density at radius 3 is 2.69 bits per heavy atom. The van der Waals surface area contributed by atoms with Crippen molar-refractivity contribution in [2.45, 2.75) is 63.0 Å². The van der Waals surface area contributed by atoms with Crippen LogP contribution in [0.3, 0.4) is 0 Å². The Bertz CT molecular complexity index is 193. The standard InChI is InChI=1S/C14H27NS/c1-14(9-5-11-16-14)12-15-10-8-13-6-3-2-4-7-13/h13,15H,2-12H2,1H3. The number of hydrogen-bond donors (Lipinski definition) is 1. The van der Waals surface area contributed by atoms with Gasteiger partial charge in [0, 0.05) is 11.3 Å². The lowest BCUT2D eigenvalue weighted by molar-refractivity contribution is 0.332. The molecule has 1 saturated carbocycles. The minimum atomic E-state index is 0.548. The van der Waals surface area contributed by atoms with E-state index < -0.39 is 0 Å². The predicted molar refractivity (Wildman–Crippen MR) is 74.2 cm³/mol. The summed E-state index contributed by atoms with van der Waals surface area (Å²) in [6, 6.07) is 0. The van der Waals surface area contributed by atoms with Crippen molar-refractivity contribution in [1.29, 1.82) is 0 Å².